The molecule has 0 bridgehead atoms. The van der Waals surface area contributed by atoms with E-state index in [-0.39, 0.29) is 12.0 Å². The largest absolute Gasteiger partial charge is 0.486 e. The average molecular weight is 413 g/mol. The summed E-state index contributed by atoms with van der Waals surface area (Å²) in [5.74, 6) is 2.29. The summed E-state index contributed by atoms with van der Waals surface area (Å²) in [6.45, 7) is 0.823. The minimum Gasteiger partial charge on any atom is -0.486 e. The number of amides is 1. The second-order valence-electron chi connectivity index (χ2n) is 7.49. The number of imidazole rings is 1. The molecule has 1 unspecified atom stereocenters. The van der Waals surface area contributed by atoms with E-state index in [1.165, 1.54) is 0 Å². The number of rotatable bonds is 6. The van der Waals surface area contributed by atoms with E-state index in [1.807, 2.05) is 60.7 Å². The predicted molar refractivity (Wildman–Crippen MR) is 119 cm³/mol. The summed E-state index contributed by atoms with van der Waals surface area (Å²) in [7, 11) is 0. The summed E-state index contributed by atoms with van der Waals surface area (Å²) in [6, 6.07) is 25.7. The van der Waals surface area contributed by atoms with Crippen molar-refractivity contribution in [1.82, 2.24) is 14.9 Å². The van der Waals surface area contributed by atoms with Crippen LogP contribution in [0.4, 0.5) is 0 Å². The number of para-hydroxylation sites is 5. The van der Waals surface area contributed by atoms with Gasteiger partial charge in [-0.05, 0) is 36.4 Å². The van der Waals surface area contributed by atoms with Crippen molar-refractivity contribution in [2.45, 2.75) is 18.9 Å². The third-order valence-electron chi connectivity index (χ3n) is 5.31. The molecule has 6 heteroatoms. The Kier molecular flexibility index (Phi) is 5.27. The zero-order valence-electron chi connectivity index (χ0n) is 17.0. The Balaban J connectivity index is 1.24. The van der Waals surface area contributed by atoms with Crippen LogP contribution in [0.25, 0.3) is 16.7 Å². The van der Waals surface area contributed by atoms with Crippen LogP contribution in [0.5, 0.6) is 11.5 Å². The van der Waals surface area contributed by atoms with Gasteiger partial charge in [-0.25, -0.2) is 4.98 Å². The topological polar surface area (TPSA) is 65.4 Å². The lowest BCUT2D eigenvalue weighted by molar-refractivity contribution is -0.121. The summed E-state index contributed by atoms with van der Waals surface area (Å²) < 4.78 is 13.7. The minimum absolute atomic E-state index is 0.0332. The van der Waals surface area contributed by atoms with Crippen molar-refractivity contribution in [2.24, 2.45) is 0 Å². The van der Waals surface area contributed by atoms with Crippen LogP contribution >= 0.6 is 0 Å². The van der Waals surface area contributed by atoms with Gasteiger partial charge in [-0.3, -0.25) is 9.36 Å². The summed E-state index contributed by atoms with van der Waals surface area (Å²) >= 11 is 0. The van der Waals surface area contributed by atoms with E-state index in [0.29, 0.717) is 31.7 Å². The first kappa shape index (κ1) is 19.2. The maximum absolute atomic E-state index is 12.5. The van der Waals surface area contributed by atoms with Crippen molar-refractivity contribution < 1.29 is 14.3 Å². The molecule has 3 aromatic carbocycles. The zero-order valence-corrected chi connectivity index (χ0v) is 17.0. The quantitative estimate of drug-likeness (QED) is 0.520. The van der Waals surface area contributed by atoms with E-state index in [1.54, 1.807) is 0 Å². The Morgan fingerprint density at radius 3 is 2.58 bits per heavy atom. The van der Waals surface area contributed by atoms with Gasteiger partial charge in [0.25, 0.3) is 0 Å². The second-order valence-corrected chi connectivity index (χ2v) is 7.49. The number of ether oxygens (including phenoxy) is 2. The molecule has 0 spiro atoms. The van der Waals surface area contributed by atoms with E-state index in [2.05, 4.69) is 28.1 Å². The SMILES string of the molecule is O=C(CCc1nc2ccccc2n1-c1ccccc1)NCC1COc2ccccc2O1. The summed E-state index contributed by atoms with van der Waals surface area (Å²) in [5, 5.41) is 2.97. The van der Waals surface area contributed by atoms with Crippen LogP contribution in [0, 0.1) is 0 Å². The number of fused-ring (bicyclic) bond motifs is 2. The molecule has 0 aliphatic carbocycles. The van der Waals surface area contributed by atoms with Gasteiger partial charge in [0.15, 0.2) is 11.5 Å². The lowest BCUT2D eigenvalue weighted by Gasteiger charge is -2.26. The highest BCUT2D eigenvalue weighted by Crippen LogP contribution is 2.30. The van der Waals surface area contributed by atoms with Gasteiger partial charge < -0.3 is 14.8 Å². The molecule has 31 heavy (non-hydrogen) atoms. The molecule has 1 amide bonds. The molecule has 4 aromatic rings. The third kappa shape index (κ3) is 4.10. The van der Waals surface area contributed by atoms with Crippen molar-refractivity contribution in [3.8, 4) is 17.2 Å². The van der Waals surface area contributed by atoms with E-state index in [0.717, 1.165) is 28.3 Å². The lowest BCUT2D eigenvalue weighted by atomic mass is 10.2. The smallest absolute Gasteiger partial charge is 0.220 e. The molecule has 1 N–H and O–H groups in total. The van der Waals surface area contributed by atoms with E-state index in [4.69, 9.17) is 14.5 Å². The molecule has 1 aliphatic rings. The van der Waals surface area contributed by atoms with Crippen molar-refractivity contribution in [2.75, 3.05) is 13.2 Å². The van der Waals surface area contributed by atoms with Crippen LogP contribution in [-0.2, 0) is 11.2 Å². The Labute approximate surface area is 180 Å². The summed E-state index contributed by atoms with van der Waals surface area (Å²) in [5.41, 5.74) is 3.00. The Bertz CT molecular complexity index is 1200. The Morgan fingerprint density at radius 2 is 1.71 bits per heavy atom. The molecular weight excluding hydrogens is 390 g/mol. The highest BCUT2D eigenvalue weighted by molar-refractivity contribution is 5.79. The molecule has 1 aromatic heterocycles. The van der Waals surface area contributed by atoms with E-state index >= 15 is 0 Å². The first-order valence-electron chi connectivity index (χ1n) is 10.4. The van der Waals surface area contributed by atoms with Crippen molar-refractivity contribution in [1.29, 1.82) is 0 Å². The molecule has 2 heterocycles. The normalized spacial score (nSPS) is 15.0. The van der Waals surface area contributed by atoms with Crippen LogP contribution in [0.15, 0.2) is 78.9 Å². The predicted octanol–water partition coefficient (Wildman–Crippen LogP) is 3.91. The van der Waals surface area contributed by atoms with Crippen LogP contribution in [0.2, 0.25) is 0 Å². The van der Waals surface area contributed by atoms with Gasteiger partial charge in [-0.15, -0.1) is 0 Å². The van der Waals surface area contributed by atoms with E-state index in [9.17, 15) is 4.79 Å². The van der Waals surface area contributed by atoms with Gasteiger partial charge in [0.1, 0.15) is 18.5 Å². The highest BCUT2D eigenvalue weighted by Gasteiger charge is 2.21. The van der Waals surface area contributed by atoms with Gasteiger partial charge in [0, 0.05) is 18.5 Å². The number of aryl methyl sites for hydroxylation is 1. The maximum Gasteiger partial charge on any atom is 0.220 e. The van der Waals surface area contributed by atoms with Crippen molar-refractivity contribution in [3.05, 3.63) is 84.7 Å². The molecule has 1 aliphatic heterocycles. The standard InChI is InChI=1S/C25H23N3O3/c29-25(26-16-19-17-30-22-12-6-7-13-23(22)31-19)15-14-24-27-20-10-4-5-11-21(20)28(24)18-8-2-1-3-9-18/h1-13,19H,14-17H2,(H,26,29). The Hall–Kier alpha value is -3.80. The molecule has 6 nitrogen and oxygen atoms in total. The van der Waals surface area contributed by atoms with Gasteiger partial charge in [-0.2, -0.15) is 0 Å². The highest BCUT2D eigenvalue weighted by atomic mass is 16.6. The van der Waals surface area contributed by atoms with E-state index < -0.39 is 0 Å². The fraction of sp³-hybridized carbons (Fsp3) is 0.200. The summed E-state index contributed by atoms with van der Waals surface area (Å²) in [4.78, 5) is 17.3. The first-order chi connectivity index (χ1) is 15.3. The van der Waals surface area contributed by atoms with Crippen LogP contribution < -0.4 is 14.8 Å². The maximum atomic E-state index is 12.5. The number of carbonyl (C=O) groups excluding carboxylic acids is 1. The van der Waals surface area contributed by atoms with Gasteiger partial charge in [0.05, 0.1) is 17.6 Å². The molecule has 0 saturated heterocycles. The molecule has 156 valence electrons. The minimum atomic E-state index is -0.201. The number of nitrogens with one attached hydrogen (secondary N) is 1. The van der Waals surface area contributed by atoms with Crippen molar-refractivity contribution >= 4 is 16.9 Å². The average Bonchev–Trinajstić information content (AvgIpc) is 3.20. The lowest BCUT2D eigenvalue weighted by Crippen LogP contribution is -2.40. The zero-order chi connectivity index (χ0) is 21.0. The molecule has 0 saturated carbocycles. The summed E-state index contributed by atoms with van der Waals surface area (Å²) in [6.07, 6.45) is 0.688. The first-order valence-corrected chi connectivity index (χ1v) is 10.4. The van der Waals surface area contributed by atoms with Crippen molar-refractivity contribution in [3.63, 3.8) is 0 Å². The fourth-order valence-corrected chi connectivity index (χ4v) is 3.81. The molecule has 0 radical (unpaired) electrons. The number of aromatic nitrogens is 2. The number of hydrogen-bond acceptors (Lipinski definition) is 4. The number of hydrogen-bond donors (Lipinski definition) is 1. The molecule has 5 rings (SSSR count). The van der Waals surface area contributed by atoms with Crippen LogP contribution in [0.1, 0.15) is 12.2 Å². The fourth-order valence-electron chi connectivity index (χ4n) is 3.81. The van der Waals surface area contributed by atoms with Crippen LogP contribution in [-0.4, -0.2) is 34.7 Å². The van der Waals surface area contributed by atoms with Gasteiger partial charge in [0.2, 0.25) is 5.91 Å². The van der Waals surface area contributed by atoms with Crippen LogP contribution in [0.3, 0.4) is 0 Å². The molecule has 0 fully saturated rings. The number of benzene rings is 3. The molecule has 1 atom stereocenters. The Morgan fingerprint density at radius 1 is 0.968 bits per heavy atom. The van der Waals surface area contributed by atoms with Gasteiger partial charge >= 0.3 is 0 Å². The third-order valence-corrected chi connectivity index (χ3v) is 5.31. The number of carbonyl (C=O) groups is 1. The monoisotopic (exact) mass is 413 g/mol. The molecular formula is C25H23N3O3. The second kappa shape index (κ2) is 8.52. The van der Waals surface area contributed by atoms with Gasteiger partial charge in [-0.1, -0.05) is 42.5 Å². The number of nitrogens with zero attached hydrogens (tertiary/aromatic N) is 2.